The molecule has 0 aliphatic heterocycles. The number of rotatable bonds is 61. The van der Waals surface area contributed by atoms with Crippen LogP contribution in [0.3, 0.4) is 0 Å². The maximum Gasteiger partial charge on any atom is 0.306 e. The Hall–Kier alpha value is -4.19. The number of esters is 3. The summed E-state index contributed by atoms with van der Waals surface area (Å²) in [6.07, 6.45) is 94.9. The van der Waals surface area contributed by atoms with E-state index in [0.717, 1.165) is 135 Å². The van der Waals surface area contributed by atoms with Gasteiger partial charge in [0.05, 0.1) is 0 Å². The van der Waals surface area contributed by atoms with Crippen molar-refractivity contribution in [3.8, 4) is 0 Å². The molecule has 1 atom stereocenters. The van der Waals surface area contributed by atoms with Gasteiger partial charge in [-0.25, -0.2) is 0 Å². The van der Waals surface area contributed by atoms with Gasteiger partial charge in [-0.3, -0.25) is 14.4 Å². The number of carbonyl (C=O) groups excluding carboxylic acids is 3. The SMILES string of the molecule is CC/C=C\C/C=C\C/C=C\C/C=C\C/C=C\C/C=C\CCCCCCC(=O)OCC(COC(=O)CCCCCCCCCCC/C=C\CCCCCCCC)OC(=O)CCCCCCCC/C=C\C/C=C\C/C=C\CCCCCCC. The Bertz CT molecular complexity index is 1670. The van der Waals surface area contributed by atoms with Crippen molar-refractivity contribution in [2.75, 3.05) is 13.2 Å². The van der Waals surface area contributed by atoms with Crippen LogP contribution in [0.5, 0.6) is 0 Å². The van der Waals surface area contributed by atoms with Gasteiger partial charge in [0.15, 0.2) is 6.10 Å². The molecular weight excluding hydrogens is 997 g/mol. The minimum absolute atomic E-state index is 0.0945. The summed E-state index contributed by atoms with van der Waals surface area (Å²) in [6.45, 7) is 6.50. The van der Waals surface area contributed by atoms with Gasteiger partial charge in [0.25, 0.3) is 0 Å². The smallest absolute Gasteiger partial charge is 0.306 e. The summed E-state index contributed by atoms with van der Waals surface area (Å²) in [5.74, 6) is -0.927. The largest absolute Gasteiger partial charge is 0.462 e. The normalized spacial score (nSPS) is 12.9. The lowest BCUT2D eigenvalue weighted by atomic mass is 10.1. The van der Waals surface area contributed by atoms with Crippen molar-refractivity contribution in [3.63, 3.8) is 0 Å². The number of hydrogen-bond acceptors (Lipinski definition) is 6. The number of hydrogen-bond donors (Lipinski definition) is 0. The third kappa shape index (κ3) is 66.5. The molecule has 0 rings (SSSR count). The molecule has 0 aromatic rings. The van der Waals surface area contributed by atoms with Crippen molar-refractivity contribution in [2.24, 2.45) is 0 Å². The van der Waals surface area contributed by atoms with Crippen molar-refractivity contribution in [3.05, 3.63) is 122 Å². The minimum atomic E-state index is -0.803. The maximum absolute atomic E-state index is 13.0. The highest BCUT2D eigenvalue weighted by Gasteiger charge is 2.19. The van der Waals surface area contributed by atoms with E-state index in [1.165, 1.54) is 141 Å². The van der Waals surface area contributed by atoms with Gasteiger partial charge in [0.1, 0.15) is 13.2 Å². The fourth-order valence-electron chi connectivity index (χ4n) is 9.33. The first-order chi connectivity index (χ1) is 40.0. The van der Waals surface area contributed by atoms with E-state index >= 15 is 0 Å². The molecule has 462 valence electrons. The molecule has 0 N–H and O–H groups in total. The van der Waals surface area contributed by atoms with Crippen LogP contribution in [0.2, 0.25) is 0 Å². The summed E-state index contributed by atoms with van der Waals surface area (Å²) >= 11 is 0. The highest BCUT2D eigenvalue weighted by molar-refractivity contribution is 5.71. The Morgan fingerprint density at radius 1 is 0.259 bits per heavy atom. The van der Waals surface area contributed by atoms with E-state index in [-0.39, 0.29) is 31.1 Å². The van der Waals surface area contributed by atoms with Crippen molar-refractivity contribution >= 4 is 17.9 Å². The molecule has 6 nitrogen and oxygen atoms in total. The molecule has 0 radical (unpaired) electrons. The van der Waals surface area contributed by atoms with Crippen LogP contribution in [0.15, 0.2) is 122 Å². The predicted octanol–water partition coefficient (Wildman–Crippen LogP) is 23.6. The molecular formula is C75H126O6. The molecule has 0 aliphatic carbocycles. The number of unbranched alkanes of at least 4 members (excludes halogenated alkanes) is 30. The van der Waals surface area contributed by atoms with Crippen LogP contribution in [0.1, 0.15) is 316 Å². The third-order valence-corrected chi connectivity index (χ3v) is 14.4. The Balaban J connectivity index is 4.48. The van der Waals surface area contributed by atoms with Crippen LogP contribution in [-0.4, -0.2) is 37.2 Å². The second-order valence-corrected chi connectivity index (χ2v) is 22.3. The molecule has 0 fully saturated rings. The second kappa shape index (κ2) is 68.3. The lowest BCUT2D eigenvalue weighted by Crippen LogP contribution is -2.30. The Morgan fingerprint density at radius 2 is 0.481 bits per heavy atom. The molecule has 0 saturated carbocycles. The average molecular weight is 1120 g/mol. The topological polar surface area (TPSA) is 78.9 Å². The Kier molecular flexibility index (Phi) is 64.8. The fourth-order valence-corrected chi connectivity index (χ4v) is 9.33. The van der Waals surface area contributed by atoms with E-state index in [2.05, 4.69) is 142 Å². The van der Waals surface area contributed by atoms with Crippen molar-refractivity contribution < 1.29 is 28.6 Å². The van der Waals surface area contributed by atoms with Gasteiger partial charge in [-0.2, -0.15) is 0 Å². The van der Waals surface area contributed by atoms with Gasteiger partial charge < -0.3 is 14.2 Å². The summed E-state index contributed by atoms with van der Waals surface area (Å²) < 4.78 is 17.0. The van der Waals surface area contributed by atoms with Crippen LogP contribution in [0.25, 0.3) is 0 Å². The summed E-state index contributed by atoms with van der Waals surface area (Å²) in [5, 5.41) is 0. The monoisotopic (exact) mass is 1120 g/mol. The second-order valence-electron chi connectivity index (χ2n) is 22.3. The summed E-state index contributed by atoms with van der Waals surface area (Å²) in [6, 6.07) is 0. The number of ether oxygens (including phenoxy) is 3. The first-order valence-corrected chi connectivity index (χ1v) is 34.0. The highest BCUT2D eigenvalue weighted by Crippen LogP contribution is 2.15. The lowest BCUT2D eigenvalue weighted by molar-refractivity contribution is -0.167. The third-order valence-electron chi connectivity index (χ3n) is 14.4. The minimum Gasteiger partial charge on any atom is -0.462 e. The molecule has 0 heterocycles. The van der Waals surface area contributed by atoms with E-state index < -0.39 is 6.10 Å². The molecule has 0 aliphatic rings. The molecule has 81 heavy (non-hydrogen) atoms. The average Bonchev–Trinajstić information content (AvgIpc) is 3.47. The number of allylic oxidation sites excluding steroid dienone is 20. The van der Waals surface area contributed by atoms with Crippen molar-refractivity contribution in [2.45, 2.75) is 322 Å². The number of carbonyl (C=O) groups is 3. The molecule has 0 spiro atoms. The Labute approximate surface area is 501 Å². The Morgan fingerprint density at radius 3 is 0.765 bits per heavy atom. The molecule has 0 amide bonds. The van der Waals surface area contributed by atoms with Crippen LogP contribution in [0, 0.1) is 0 Å². The van der Waals surface area contributed by atoms with Gasteiger partial charge >= 0.3 is 17.9 Å². The molecule has 6 heteroatoms. The van der Waals surface area contributed by atoms with Crippen molar-refractivity contribution in [1.82, 2.24) is 0 Å². The molecule has 1 unspecified atom stereocenters. The van der Waals surface area contributed by atoms with Crippen LogP contribution < -0.4 is 0 Å². The maximum atomic E-state index is 13.0. The first kappa shape index (κ1) is 76.8. The predicted molar refractivity (Wildman–Crippen MR) is 353 cm³/mol. The summed E-state index contributed by atoms with van der Waals surface area (Å²) in [7, 11) is 0. The van der Waals surface area contributed by atoms with E-state index in [4.69, 9.17) is 14.2 Å². The van der Waals surface area contributed by atoms with E-state index in [0.29, 0.717) is 19.3 Å². The van der Waals surface area contributed by atoms with E-state index in [9.17, 15) is 14.4 Å². The van der Waals surface area contributed by atoms with Crippen LogP contribution >= 0.6 is 0 Å². The van der Waals surface area contributed by atoms with Gasteiger partial charge in [-0.15, -0.1) is 0 Å². The van der Waals surface area contributed by atoms with Gasteiger partial charge in [0.2, 0.25) is 0 Å². The highest BCUT2D eigenvalue weighted by atomic mass is 16.6. The molecule has 0 bridgehead atoms. The molecule has 0 saturated heterocycles. The van der Waals surface area contributed by atoms with Gasteiger partial charge in [0, 0.05) is 19.3 Å². The van der Waals surface area contributed by atoms with Gasteiger partial charge in [-0.05, 0) is 135 Å². The van der Waals surface area contributed by atoms with Gasteiger partial charge in [-0.1, -0.05) is 284 Å². The zero-order valence-corrected chi connectivity index (χ0v) is 53.0. The van der Waals surface area contributed by atoms with Crippen LogP contribution in [-0.2, 0) is 28.6 Å². The summed E-state index contributed by atoms with van der Waals surface area (Å²) in [4.78, 5) is 38.5. The molecule has 0 aromatic carbocycles. The lowest BCUT2D eigenvalue weighted by Gasteiger charge is -2.18. The van der Waals surface area contributed by atoms with E-state index in [1.54, 1.807) is 0 Å². The van der Waals surface area contributed by atoms with Crippen LogP contribution in [0.4, 0.5) is 0 Å². The zero-order valence-electron chi connectivity index (χ0n) is 53.0. The zero-order chi connectivity index (χ0) is 58.5. The van der Waals surface area contributed by atoms with Crippen molar-refractivity contribution in [1.29, 1.82) is 0 Å². The van der Waals surface area contributed by atoms with E-state index in [1.807, 2.05) is 0 Å². The quantitative estimate of drug-likeness (QED) is 0.0261. The summed E-state index contributed by atoms with van der Waals surface area (Å²) in [5.41, 5.74) is 0. The fraction of sp³-hybridized carbons (Fsp3) is 0.693. The molecule has 0 aromatic heterocycles. The standard InChI is InChI=1S/C75H126O6/c1-4-7-10-13-16-19-22-25-28-31-34-36-37-39-41-44-47-50-53-56-59-62-65-68-74(77)80-71-72(70-79-73(76)67-64-61-58-55-52-49-46-43-40-33-30-27-24-21-18-15-12-9-6-3)81-75(78)69-66-63-60-57-54-51-48-45-42-38-35-32-29-26-23-20-17-14-11-8-5-2/h7,10,16,19,23,25-28,30,32,34-36,39,41-42,45,47,50,72H,4-6,8-9,11-15,17-18,20-22,24,29,31,33,37-38,40,43-44,46,48-49,51-71H2,1-3H3/b10-7-,19-16-,26-23-,28-25-,30-27-,35-32-,36-34-,41-39-,45-42-,50-47-. The first-order valence-electron chi connectivity index (χ1n) is 34.0.